The van der Waals surface area contributed by atoms with E-state index in [-0.39, 0.29) is 6.03 Å². The molecule has 1 aliphatic rings. The van der Waals surface area contributed by atoms with Crippen LogP contribution in [0.25, 0.3) is 0 Å². The Balaban J connectivity index is 1.53. The number of nitrogens with one attached hydrogen (secondary N) is 2. The van der Waals surface area contributed by atoms with E-state index in [4.69, 9.17) is 0 Å². The minimum Gasteiger partial charge on any atom is -0.332 e. The number of aromatic nitrogens is 3. The highest BCUT2D eigenvalue weighted by molar-refractivity contribution is 7.97. The Hall–Kier alpha value is -1.54. The Morgan fingerprint density at radius 2 is 2.24 bits per heavy atom. The third kappa shape index (κ3) is 4.76. The number of urea groups is 1. The first-order valence-corrected chi connectivity index (χ1v) is 10.9. The van der Waals surface area contributed by atoms with Gasteiger partial charge in [-0.25, -0.2) is 9.78 Å². The van der Waals surface area contributed by atoms with Gasteiger partial charge in [0.2, 0.25) is 0 Å². The van der Waals surface area contributed by atoms with Crippen molar-refractivity contribution in [3.8, 4) is 0 Å². The highest BCUT2D eigenvalue weighted by Gasteiger charge is 2.18. The zero-order valence-corrected chi connectivity index (χ0v) is 16.4. The molecule has 0 saturated heterocycles. The molecule has 0 bridgehead atoms. The number of nitrogens with zero attached hydrogens (tertiary/aromatic N) is 3. The van der Waals surface area contributed by atoms with E-state index in [2.05, 4.69) is 26.8 Å². The first-order chi connectivity index (χ1) is 12.2. The molecule has 2 aromatic heterocycles. The fraction of sp³-hybridized carbons (Fsp3) is 0.588. The summed E-state index contributed by atoms with van der Waals surface area (Å²) in [5.74, 6) is 0.919. The maximum atomic E-state index is 12.4. The summed E-state index contributed by atoms with van der Waals surface area (Å²) in [6.07, 6.45) is 7.89. The minimum absolute atomic E-state index is 0.0928. The van der Waals surface area contributed by atoms with Crippen molar-refractivity contribution in [2.24, 2.45) is 0 Å². The van der Waals surface area contributed by atoms with Crippen LogP contribution in [-0.4, -0.2) is 39.4 Å². The fourth-order valence-corrected chi connectivity index (χ4v) is 4.59. The number of aryl methyl sites for hydroxylation is 1. The van der Waals surface area contributed by atoms with E-state index in [1.54, 1.807) is 28.0 Å². The normalized spacial score (nSPS) is 14.0. The molecule has 3 rings (SSSR count). The first kappa shape index (κ1) is 18.3. The summed E-state index contributed by atoms with van der Waals surface area (Å²) in [5, 5.41) is 13.7. The molecule has 0 spiro atoms. The zero-order chi connectivity index (χ0) is 17.6. The Kier molecular flexibility index (Phi) is 6.36. The molecule has 136 valence electrons. The number of fused-ring (bicyclic) bond motifs is 1. The van der Waals surface area contributed by atoms with Gasteiger partial charge in [0.05, 0.1) is 24.5 Å². The molecule has 2 amide bonds. The van der Waals surface area contributed by atoms with E-state index in [1.165, 1.54) is 30.5 Å². The van der Waals surface area contributed by atoms with Gasteiger partial charge < -0.3 is 10.2 Å². The number of H-pyrrole nitrogens is 1. The summed E-state index contributed by atoms with van der Waals surface area (Å²) >= 11 is 3.40. The average Bonchev–Trinajstić information content (AvgIpc) is 3.13. The monoisotopic (exact) mass is 379 g/mol. The van der Waals surface area contributed by atoms with Gasteiger partial charge in [-0.15, -0.1) is 11.3 Å². The standard InChI is InChI=1S/C17H25N5OS2/c1-22(9-15-13-6-4-3-5-7-14(13)20-21-15)17(23)18-8-12-10-25-16(19-12)11-24-2/h10H,3-9,11H2,1-2H3,(H,18,23)(H,20,21). The van der Waals surface area contributed by atoms with Crippen LogP contribution in [-0.2, 0) is 31.7 Å². The van der Waals surface area contributed by atoms with E-state index in [9.17, 15) is 4.79 Å². The number of hydrogen-bond donors (Lipinski definition) is 2. The van der Waals surface area contributed by atoms with E-state index >= 15 is 0 Å². The van der Waals surface area contributed by atoms with Crippen LogP contribution in [0.3, 0.4) is 0 Å². The van der Waals surface area contributed by atoms with E-state index in [0.717, 1.165) is 35.0 Å². The molecule has 0 saturated carbocycles. The number of rotatable bonds is 6. The van der Waals surface area contributed by atoms with E-state index < -0.39 is 0 Å². The fourth-order valence-electron chi connectivity index (χ4n) is 3.07. The lowest BCUT2D eigenvalue weighted by atomic mass is 10.1. The van der Waals surface area contributed by atoms with Crippen LogP contribution in [0.2, 0.25) is 0 Å². The number of carbonyl (C=O) groups is 1. The van der Waals surface area contributed by atoms with Gasteiger partial charge in [0.25, 0.3) is 0 Å². The quantitative estimate of drug-likeness (QED) is 0.755. The number of hydrogen-bond acceptors (Lipinski definition) is 5. The molecule has 0 unspecified atom stereocenters. The van der Waals surface area contributed by atoms with Crippen molar-refractivity contribution in [2.75, 3.05) is 13.3 Å². The van der Waals surface area contributed by atoms with Crippen LogP contribution in [0.15, 0.2) is 5.38 Å². The molecule has 0 aliphatic heterocycles. The van der Waals surface area contributed by atoms with Crippen molar-refractivity contribution in [3.63, 3.8) is 0 Å². The predicted octanol–water partition coefficient (Wildman–Crippen LogP) is 3.34. The molecular formula is C17H25N5OS2. The number of aromatic amines is 1. The summed E-state index contributed by atoms with van der Waals surface area (Å²) in [7, 11) is 1.81. The van der Waals surface area contributed by atoms with Crippen molar-refractivity contribution in [2.45, 2.75) is 50.9 Å². The zero-order valence-electron chi connectivity index (χ0n) is 14.8. The minimum atomic E-state index is -0.0928. The maximum Gasteiger partial charge on any atom is 0.317 e. The van der Waals surface area contributed by atoms with Gasteiger partial charge in [-0.1, -0.05) is 6.42 Å². The molecule has 8 heteroatoms. The Bertz CT molecular complexity index is 712. The van der Waals surface area contributed by atoms with E-state index in [0.29, 0.717) is 13.1 Å². The first-order valence-electron chi connectivity index (χ1n) is 8.63. The van der Waals surface area contributed by atoms with Gasteiger partial charge in [-0.05, 0) is 37.5 Å². The Morgan fingerprint density at radius 3 is 3.08 bits per heavy atom. The third-order valence-electron chi connectivity index (χ3n) is 4.41. The van der Waals surface area contributed by atoms with Crippen LogP contribution >= 0.6 is 23.1 Å². The molecule has 2 aromatic rings. The molecular weight excluding hydrogens is 354 g/mol. The maximum absolute atomic E-state index is 12.4. The van der Waals surface area contributed by atoms with Crippen LogP contribution in [0.1, 0.15) is 46.9 Å². The molecule has 25 heavy (non-hydrogen) atoms. The largest absolute Gasteiger partial charge is 0.332 e. The third-order valence-corrected chi connectivity index (χ3v) is 6.06. The summed E-state index contributed by atoms with van der Waals surface area (Å²) in [4.78, 5) is 18.6. The van der Waals surface area contributed by atoms with Crippen LogP contribution in [0.4, 0.5) is 4.79 Å². The highest BCUT2D eigenvalue weighted by Crippen LogP contribution is 2.22. The van der Waals surface area contributed by atoms with Crippen LogP contribution in [0.5, 0.6) is 0 Å². The Labute approximate surface area is 156 Å². The Morgan fingerprint density at radius 1 is 1.40 bits per heavy atom. The van der Waals surface area contributed by atoms with Crippen LogP contribution in [0, 0.1) is 0 Å². The summed E-state index contributed by atoms with van der Waals surface area (Å²) in [6, 6.07) is -0.0928. The van der Waals surface area contributed by atoms with Crippen molar-refractivity contribution in [1.29, 1.82) is 0 Å². The number of amides is 2. The molecule has 0 aromatic carbocycles. The lowest BCUT2D eigenvalue weighted by Crippen LogP contribution is -2.36. The molecule has 2 N–H and O–H groups in total. The number of thioether (sulfide) groups is 1. The van der Waals surface area contributed by atoms with E-state index in [1.807, 2.05) is 12.4 Å². The van der Waals surface area contributed by atoms with Gasteiger partial charge in [0.15, 0.2) is 0 Å². The van der Waals surface area contributed by atoms with Gasteiger partial charge in [0.1, 0.15) is 5.01 Å². The topological polar surface area (TPSA) is 73.9 Å². The van der Waals surface area contributed by atoms with Gasteiger partial charge in [-0.3, -0.25) is 5.10 Å². The summed E-state index contributed by atoms with van der Waals surface area (Å²) < 4.78 is 0. The molecule has 0 fully saturated rings. The lowest BCUT2D eigenvalue weighted by Gasteiger charge is -2.17. The van der Waals surface area contributed by atoms with Crippen LogP contribution < -0.4 is 5.32 Å². The second-order valence-electron chi connectivity index (χ2n) is 6.37. The second kappa shape index (κ2) is 8.71. The lowest BCUT2D eigenvalue weighted by molar-refractivity contribution is 0.205. The summed E-state index contributed by atoms with van der Waals surface area (Å²) in [6.45, 7) is 0.999. The number of carbonyl (C=O) groups excluding carboxylic acids is 1. The van der Waals surface area contributed by atoms with Crippen molar-refractivity contribution >= 4 is 29.1 Å². The molecule has 0 radical (unpaired) electrons. The average molecular weight is 380 g/mol. The second-order valence-corrected chi connectivity index (χ2v) is 8.18. The smallest absolute Gasteiger partial charge is 0.317 e. The number of thiazole rings is 1. The predicted molar refractivity (Wildman–Crippen MR) is 103 cm³/mol. The SMILES string of the molecule is CSCc1nc(CNC(=O)N(C)Cc2n[nH]c3c2CCCCC3)cs1. The van der Waals surface area contributed by atoms with Gasteiger partial charge >= 0.3 is 6.03 Å². The molecule has 1 aliphatic carbocycles. The molecule has 2 heterocycles. The van der Waals surface area contributed by atoms with Gasteiger partial charge in [0, 0.05) is 23.9 Å². The van der Waals surface area contributed by atoms with Crippen molar-refractivity contribution < 1.29 is 4.79 Å². The summed E-state index contributed by atoms with van der Waals surface area (Å²) in [5.41, 5.74) is 4.50. The molecule has 0 atom stereocenters. The van der Waals surface area contributed by atoms with Crippen molar-refractivity contribution in [1.82, 2.24) is 25.4 Å². The van der Waals surface area contributed by atoms with Gasteiger partial charge in [-0.2, -0.15) is 16.9 Å². The molecule has 6 nitrogen and oxygen atoms in total. The van der Waals surface area contributed by atoms with Crippen molar-refractivity contribution in [3.05, 3.63) is 33.0 Å². The highest BCUT2D eigenvalue weighted by atomic mass is 32.2.